The van der Waals surface area contributed by atoms with Crippen molar-refractivity contribution in [3.8, 4) is 79.3 Å². The van der Waals surface area contributed by atoms with E-state index >= 15 is 0 Å². The second-order valence-corrected chi connectivity index (χ2v) is 18.4. The van der Waals surface area contributed by atoms with Gasteiger partial charge in [0.2, 0.25) is 0 Å². The van der Waals surface area contributed by atoms with E-state index in [4.69, 9.17) is 57.9 Å². The number of carbonyl (C=O) groups is 4. The summed E-state index contributed by atoms with van der Waals surface area (Å²) in [5.74, 6) is -4.09. The lowest BCUT2D eigenvalue weighted by Gasteiger charge is -2.14. The highest BCUT2D eigenvalue weighted by atomic mass is 19.1. The Morgan fingerprint density at radius 1 is 0.489 bits per heavy atom. The van der Waals surface area contributed by atoms with Crippen molar-refractivity contribution in [2.24, 2.45) is 0 Å². The molecule has 90 heavy (non-hydrogen) atoms. The number of nitriles is 1. The van der Waals surface area contributed by atoms with Crippen molar-refractivity contribution in [3.63, 3.8) is 0 Å². The minimum absolute atomic E-state index is 0. The van der Waals surface area contributed by atoms with E-state index in [9.17, 15) is 44.0 Å². The van der Waals surface area contributed by atoms with Crippen LogP contribution in [0.1, 0.15) is 82.1 Å². The van der Waals surface area contributed by atoms with Crippen LogP contribution in [0.3, 0.4) is 0 Å². The second kappa shape index (κ2) is 32.1. The highest BCUT2D eigenvalue weighted by molar-refractivity contribution is 6.15. The van der Waals surface area contributed by atoms with Gasteiger partial charge in [-0.25, -0.2) is 23.8 Å². The first-order valence-corrected chi connectivity index (χ1v) is 25.6. The SMILES string of the molecule is C.[C-]#[N+]c1ccc(O)c(C(=O)NC(C)=N)c1-c1cccc(C#N)c1.[C-]#[N+]c1ccc(O)c(C(=O)NC(C)=N)c1-c1cccc(F)c1.[C-]#[N+]c1ccc(O)c(C(=O)NC(C)=N)c1-c1cccc(OC)c1.[C-]#[N+]c1ccc(O)c(C(=O)NC(C)=N)c1-c1cccnc1. The van der Waals surface area contributed by atoms with Crippen LogP contribution in [0.15, 0.2) is 146 Å². The van der Waals surface area contributed by atoms with Gasteiger partial charge in [-0.1, -0.05) is 74.2 Å². The number of pyridine rings is 1. The fourth-order valence-corrected chi connectivity index (χ4v) is 8.39. The Hall–Kier alpha value is -13.4. The Kier molecular flexibility index (Phi) is 24.6. The fourth-order valence-electron chi connectivity index (χ4n) is 8.39. The molecule has 0 saturated heterocycles. The molecule has 0 fully saturated rings. The summed E-state index contributed by atoms with van der Waals surface area (Å²) in [5, 5.41) is 87.9. The molecule has 8 aromatic rings. The van der Waals surface area contributed by atoms with Crippen LogP contribution in [0.2, 0.25) is 0 Å². The predicted molar refractivity (Wildman–Crippen MR) is 338 cm³/mol. The number of hydrogen-bond acceptors (Lipinski definition) is 15. The van der Waals surface area contributed by atoms with Crippen molar-refractivity contribution in [1.82, 2.24) is 26.3 Å². The number of hydrogen-bond donors (Lipinski definition) is 12. The lowest BCUT2D eigenvalue weighted by Crippen LogP contribution is -2.28. The lowest BCUT2D eigenvalue weighted by molar-refractivity contribution is 0.0965. The van der Waals surface area contributed by atoms with Crippen LogP contribution < -0.4 is 26.0 Å². The molecule has 23 nitrogen and oxygen atoms in total. The summed E-state index contributed by atoms with van der Waals surface area (Å²) in [7, 11) is 1.52. The molecule has 0 saturated carbocycles. The third-order valence-electron chi connectivity index (χ3n) is 11.9. The molecule has 24 heteroatoms. The van der Waals surface area contributed by atoms with Crippen molar-refractivity contribution in [1.29, 1.82) is 26.9 Å². The van der Waals surface area contributed by atoms with Gasteiger partial charge in [0.1, 0.15) is 34.6 Å². The van der Waals surface area contributed by atoms with Crippen molar-refractivity contribution in [3.05, 3.63) is 225 Å². The van der Waals surface area contributed by atoms with E-state index < -0.39 is 29.4 Å². The number of aromatic nitrogens is 1. The Morgan fingerprint density at radius 2 is 0.811 bits per heavy atom. The molecule has 12 N–H and O–H groups in total. The first kappa shape index (κ1) is 69.1. The number of carbonyl (C=O) groups excluding carboxylic acids is 4. The number of methoxy groups -OCH3 is 1. The van der Waals surface area contributed by atoms with Crippen LogP contribution in [-0.4, -0.2) is 79.5 Å². The maximum absolute atomic E-state index is 13.5. The van der Waals surface area contributed by atoms with Gasteiger partial charge in [0.15, 0.2) is 22.7 Å². The van der Waals surface area contributed by atoms with Gasteiger partial charge in [-0.3, -0.25) is 45.8 Å². The van der Waals surface area contributed by atoms with E-state index in [1.807, 2.05) is 6.07 Å². The maximum atomic E-state index is 13.5. The zero-order chi connectivity index (χ0) is 65.6. The molecule has 0 aliphatic rings. The van der Waals surface area contributed by atoms with Gasteiger partial charge >= 0.3 is 0 Å². The minimum atomic E-state index is -0.727. The summed E-state index contributed by atoms with van der Waals surface area (Å²) in [5.41, 5.74) is 3.63. The molecule has 0 bridgehead atoms. The second-order valence-electron chi connectivity index (χ2n) is 18.4. The first-order valence-electron chi connectivity index (χ1n) is 25.6. The van der Waals surface area contributed by atoms with Crippen LogP contribution in [0, 0.1) is 65.1 Å². The minimum Gasteiger partial charge on any atom is -0.507 e. The molecule has 0 aliphatic heterocycles. The van der Waals surface area contributed by atoms with Gasteiger partial charge in [0.25, 0.3) is 23.6 Å². The van der Waals surface area contributed by atoms with E-state index in [-0.39, 0.29) is 110 Å². The number of nitrogens with one attached hydrogen (secondary N) is 8. The van der Waals surface area contributed by atoms with Gasteiger partial charge in [-0.2, -0.15) is 5.26 Å². The molecule has 0 radical (unpaired) electrons. The first-order chi connectivity index (χ1) is 42.4. The summed E-state index contributed by atoms with van der Waals surface area (Å²) in [4.78, 5) is 66.6. The molecule has 1 heterocycles. The number of benzene rings is 7. The number of halogens is 1. The molecule has 0 spiro atoms. The van der Waals surface area contributed by atoms with Gasteiger partial charge < -0.3 is 46.4 Å². The normalized spacial score (nSPS) is 9.61. The van der Waals surface area contributed by atoms with Gasteiger partial charge in [0.05, 0.1) is 90.6 Å². The zero-order valence-electron chi connectivity index (χ0n) is 47.7. The van der Waals surface area contributed by atoms with Crippen molar-refractivity contribution < 1.29 is 48.7 Å². The summed E-state index contributed by atoms with van der Waals surface area (Å²) in [6, 6.07) is 34.8. The molecule has 1 aromatic heterocycles. The maximum Gasteiger partial charge on any atom is 0.259 e. The highest BCUT2D eigenvalue weighted by Crippen LogP contribution is 2.43. The number of amidine groups is 4. The third kappa shape index (κ3) is 17.4. The van der Waals surface area contributed by atoms with E-state index in [2.05, 4.69) is 45.6 Å². The largest absolute Gasteiger partial charge is 0.507 e. The van der Waals surface area contributed by atoms with Crippen LogP contribution in [0.5, 0.6) is 28.7 Å². The van der Waals surface area contributed by atoms with Gasteiger partial charge in [0, 0.05) is 34.6 Å². The van der Waals surface area contributed by atoms with Crippen LogP contribution in [-0.2, 0) is 0 Å². The van der Waals surface area contributed by atoms with E-state index in [1.165, 1.54) is 114 Å². The lowest BCUT2D eigenvalue weighted by atomic mass is 9.95. The molecule has 8 rings (SSSR count). The molecule has 0 atom stereocenters. The summed E-state index contributed by atoms with van der Waals surface area (Å²) >= 11 is 0. The number of phenolic OH excluding ortho intramolecular Hbond substituents is 4. The number of rotatable bonds is 9. The van der Waals surface area contributed by atoms with E-state index in [0.29, 0.717) is 44.7 Å². The topological polar surface area (TPSA) is 356 Å². The Morgan fingerprint density at radius 3 is 1.12 bits per heavy atom. The molecular formula is C66H55FN14O9. The fraction of sp³-hybridized carbons (Fsp3) is 0.0909. The Labute approximate surface area is 516 Å². The van der Waals surface area contributed by atoms with Crippen LogP contribution in [0.4, 0.5) is 27.1 Å². The monoisotopic (exact) mass is 1210 g/mol. The van der Waals surface area contributed by atoms with Gasteiger partial charge in [-0.15, -0.1) is 0 Å². The summed E-state index contributed by atoms with van der Waals surface area (Å²) in [6.07, 6.45) is 3.09. The summed E-state index contributed by atoms with van der Waals surface area (Å²) < 4.78 is 18.6. The quantitative estimate of drug-likeness (QED) is 0.0366. The molecular weight excluding hydrogens is 1150 g/mol. The van der Waals surface area contributed by atoms with Crippen molar-refractivity contribution in [2.45, 2.75) is 35.1 Å². The number of phenols is 4. The number of amides is 4. The molecule has 0 unspecified atom stereocenters. The third-order valence-corrected chi connectivity index (χ3v) is 11.9. The van der Waals surface area contributed by atoms with E-state index in [1.54, 1.807) is 66.9 Å². The molecule has 7 aromatic carbocycles. The summed E-state index contributed by atoms with van der Waals surface area (Å²) in [6.45, 7) is 34.6. The zero-order valence-corrected chi connectivity index (χ0v) is 47.7. The van der Waals surface area contributed by atoms with Crippen molar-refractivity contribution >= 4 is 69.7 Å². The Balaban J connectivity index is 0.000000255. The Bertz CT molecular complexity index is 4380. The van der Waals surface area contributed by atoms with Crippen molar-refractivity contribution in [2.75, 3.05) is 7.11 Å². The molecule has 0 aliphatic carbocycles. The van der Waals surface area contributed by atoms with Gasteiger partial charge in [-0.05, 0) is 117 Å². The number of ether oxygens (including phenoxy) is 1. The van der Waals surface area contributed by atoms with Crippen LogP contribution >= 0.6 is 0 Å². The predicted octanol–water partition coefficient (Wildman–Crippen LogP) is 13.4. The molecule has 450 valence electrons. The average molecular weight is 1210 g/mol. The number of nitrogens with zero attached hydrogens (tertiary/aromatic N) is 6. The van der Waals surface area contributed by atoms with Crippen LogP contribution in [0.25, 0.3) is 63.9 Å². The smallest absolute Gasteiger partial charge is 0.259 e. The number of aromatic hydroxyl groups is 4. The van der Waals surface area contributed by atoms with E-state index in [0.717, 1.165) is 0 Å². The highest BCUT2D eigenvalue weighted by Gasteiger charge is 2.26. The standard InChI is InChI=1S/C17H12N4O2.C17H15N3O3.C16H12FN3O2.C15H12N4O2.CH4/c1-10(19)21-17(23)16-14(22)7-6-13(20-2)15(16)12-5-3-4-11(8-12)9-18;1-10(18)20-17(22)16-14(21)8-7-13(19-2)15(16)11-5-4-6-12(9-11)23-3;1-9(18)20-16(22)15-13(21)7-6-12(19-2)14(15)10-4-3-5-11(17)8-10;1-9(16)19-15(21)14-12(20)6-5-11(17-2)13(14)10-4-3-7-18-8-10;/h3-8,22H,1H3,(H2,19,21,23);4-9,21H,1,3H3,(H2,18,20,22);3-8,21H,1H3,(H2,18,20,22);3-8,20H,1H3,(H2,16,19,21);1H4. The average Bonchev–Trinajstić information content (AvgIpc) is 0.881. The molecule has 4 amide bonds.